The Kier molecular flexibility index (Phi) is 6.20. The smallest absolute Gasteiger partial charge is 0.324 e. The average molecular weight is 323 g/mol. The first-order valence-electron chi connectivity index (χ1n) is 7.38. The van der Waals surface area contributed by atoms with Crippen LogP contribution in [0.2, 0.25) is 0 Å². The molecule has 1 fully saturated rings. The SMILES string of the molecule is CC(C)COP(=O)(O)C(C)C1NC(C(C)C)SC1(C)C. The highest BCUT2D eigenvalue weighted by molar-refractivity contribution is 8.01. The van der Waals surface area contributed by atoms with Crippen molar-refractivity contribution in [3.8, 4) is 0 Å². The van der Waals surface area contributed by atoms with Crippen LogP contribution in [-0.2, 0) is 9.09 Å². The second-order valence-electron chi connectivity index (χ2n) is 7.02. The lowest BCUT2D eigenvalue weighted by molar-refractivity contribution is 0.216. The molecule has 120 valence electrons. The molecule has 1 heterocycles. The summed E-state index contributed by atoms with van der Waals surface area (Å²) in [6.45, 7) is 14.7. The Morgan fingerprint density at radius 3 is 2.25 bits per heavy atom. The number of hydrogen-bond donors (Lipinski definition) is 2. The zero-order valence-corrected chi connectivity index (χ0v) is 15.4. The fourth-order valence-corrected chi connectivity index (χ4v) is 5.67. The maximum absolute atomic E-state index is 12.5. The largest absolute Gasteiger partial charge is 0.332 e. The minimum absolute atomic E-state index is 0.0251. The lowest BCUT2D eigenvalue weighted by Gasteiger charge is -2.32. The monoisotopic (exact) mass is 323 g/mol. The van der Waals surface area contributed by atoms with E-state index in [1.807, 2.05) is 32.5 Å². The lowest BCUT2D eigenvalue weighted by atomic mass is 10.00. The molecule has 1 rings (SSSR count). The topological polar surface area (TPSA) is 58.6 Å². The molecule has 1 aliphatic rings. The first-order chi connectivity index (χ1) is 8.97. The van der Waals surface area contributed by atoms with Crippen LogP contribution in [0, 0.1) is 11.8 Å². The third-order valence-electron chi connectivity index (χ3n) is 3.72. The molecular formula is C14H30NO3PS. The zero-order valence-electron chi connectivity index (χ0n) is 13.7. The maximum Gasteiger partial charge on any atom is 0.332 e. The Bertz CT molecular complexity index is 373. The van der Waals surface area contributed by atoms with Gasteiger partial charge in [0.2, 0.25) is 0 Å². The molecule has 6 heteroatoms. The van der Waals surface area contributed by atoms with Crippen molar-refractivity contribution in [3.05, 3.63) is 0 Å². The van der Waals surface area contributed by atoms with Crippen LogP contribution in [-0.4, -0.2) is 33.3 Å². The summed E-state index contributed by atoms with van der Waals surface area (Å²) in [4.78, 5) is 10.2. The molecule has 4 unspecified atom stereocenters. The van der Waals surface area contributed by atoms with Crippen LogP contribution in [0.25, 0.3) is 0 Å². The molecule has 2 N–H and O–H groups in total. The fraction of sp³-hybridized carbons (Fsp3) is 1.00. The quantitative estimate of drug-likeness (QED) is 0.730. The van der Waals surface area contributed by atoms with Gasteiger partial charge in [0.25, 0.3) is 0 Å². The molecule has 0 bridgehead atoms. The minimum Gasteiger partial charge on any atom is -0.324 e. The Hall–Kier alpha value is 0.460. The van der Waals surface area contributed by atoms with Crippen LogP contribution in [0.3, 0.4) is 0 Å². The maximum atomic E-state index is 12.5. The van der Waals surface area contributed by atoms with Crippen molar-refractivity contribution in [3.63, 3.8) is 0 Å². The van der Waals surface area contributed by atoms with Gasteiger partial charge >= 0.3 is 7.60 Å². The van der Waals surface area contributed by atoms with E-state index in [2.05, 4.69) is 33.0 Å². The number of thioether (sulfide) groups is 1. The first-order valence-corrected chi connectivity index (χ1v) is 9.91. The summed E-state index contributed by atoms with van der Waals surface area (Å²) in [5, 5.41) is 3.85. The van der Waals surface area contributed by atoms with E-state index in [9.17, 15) is 9.46 Å². The molecule has 1 saturated heterocycles. The molecule has 0 aromatic heterocycles. The van der Waals surface area contributed by atoms with E-state index in [-0.39, 0.29) is 16.7 Å². The van der Waals surface area contributed by atoms with Gasteiger partial charge in [-0.15, -0.1) is 11.8 Å². The Morgan fingerprint density at radius 1 is 1.30 bits per heavy atom. The van der Waals surface area contributed by atoms with Gasteiger partial charge in [0.05, 0.1) is 17.6 Å². The molecule has 0 aromatic rings. The molecule has 0 aliphatic carbocycles. The molecule has 0 aromatic carbocycles. The van der Waals surface area contributed by atoms with Crippen molar-refractivity contribution in [2.75, 3.05) is 6.61 Å². The van der Waals surface area contributed by atoms with Crippen LogP contribution in [0.15, 0.2) is 0 Å². The van der Waals surface area contributed by atoms with E-state index in [0.29, 0.717) is 17.9 Å². The van der Waals surface area contributed by atoms with E-state index in [4.69, 9.17) is 4.52 Å². The van der Waals surface area contributed by atoms with Crippen LogP contribution in [0.1, 0.15) is 48.5 Å². The van der Waals surface area contributed by atoms with Crippen molar-refractivity contribution in [1.29, 1.82) is 0 Å². The highest BCUT2D eigenvalue weighted by Gasteiger charge is 2.49. The molecule has 4 nitrogen and oxygen atoms in total. The van der Waals surface area contributed by atoms with Crippen molar-refractivity contribution in [1.82, 2.24) is 5.32 Å². The van der Waals surface area contributed by atoms with Gasteiger partial charge in [0.1, 0.15) is 0 Å². The molecule has 4 atom stereocenters. The predicted molar refractivity (Wildman–Crippen MR) is 87.3 cm³/mol. The normalized spacial score (nSPS) is 30.7. The number of nitrogens with one attached hydrogen (secondary N) is 1. The molecule has 0 spiro atoms. The molecule has 1 aliphatic heterocycles. The van der Waals surface area contributed by atoms with Gasteiger partial charge in [0, 0.05) is 10.8 Å². The van der Waals surface area contributed by atoms with E-state index in [1.165, 1.54) is 0 Å². The van der Waals surface area contributed by atoms with Gasteiger partial charge in [-0.1, -0.05) is 27.7 Å². The van der Waals surface area contributed by atoms with Gasteiger partial charge in [-0.3, -0.25) is 4.57 Å². The molecule has 0 saturated carbocycles. The lowest BCUT2D eigenvalue weighted by Crippen LogP contribution is -2.46. The highest BCUT2D eigenvalue weighted by Crippen LogP contribution is 2.54. The Balaban J connectivity index is 2.80. The van der Waals surface area contributed by atoms with Crippen LogP contribution >= 0.6 is 19.4 Å². The Labute approximate surface area is 128 Å². The van der Waals surface area contributed by atoms with Crippen molar-refractivity contribution in [2.45, 2.75) is 70.3 Å². The number of rotatable bonds is 6. The van der Waals surface area contributed by atoms with Crippen molar-refractivity contribution in [2.24, 2.45) is 11.8 Å². The van der Waals surface area contributed by atoms with Crippen molar-refractivity contribution >= 4 is 19.4 Å². The van der Waals surface area contributed by atoms with E-state index in [1.54, 1.807) is 0 Å². The van der Waals surface area contributed by atoms with Gasteiger partial charge in [-0.2, -0.15) is 0 Å². The summed E-state index contributed by atoms with van der Waals surface area (Å²) in [5.74, 6) is 0.746. The second-order valence-corrected chi connectivity index (χ2v) is 11.0. The summed E-state index contributed by atoms with van der Waals surface area (Å²) >= 11 is 1.85. The van der Waals surface area contributed by atoms with Crippen LogP contribution in [0.4, 0.5) is 0 Å². The van der Waals surface area contributed by atoms with Crippen LogP contribution < -0.4 is 5.32 Å². The number of hydrogen-bond acceptors (Lipinski definition) is 4. The summed E-state index contributed by atoms with van der Waals surface area (Å²) in [6, 6.07) is -0.0251. The van der Waals surface area contributed by atoms with E-state index < -0.39 is 13.3 Å². The summed E-state index contributed by atoms with van der Waals surface area (Å²) in [6.07, 6.45) is 0. The predicted octanol–water partition coefficient (Wildman–Crippen LogP) is 3.70. The average Bonchev–Trinajstić information content (AvgIpc) is 2.61. The third kappa shape index (κ3) is 4.48. The van der Waals surface area contributed by atoms with E-state index >= 15 is 0 Å². The van der Waals surface area contributed by atoms with E-state index in [0.717, 1.165) is 0 Å². The van der Waals surface area contributed by atoms with Crippen molar-refractivity contribution < 1.29 is 14.0 Å². The zero-order chi connectivity index (χ0) is 15.7. The van der Waals surface area contributed by atoms with Crippen LogP contribution in [0.5, 0.6) is 0 Å². The summed E-state index contributed by atoms with van der Waals surface area (Å²) in [5.41, 5.74) is -0.410. The van der Waals surface area contributed by atoms with Gasteiger partial charge < -0.3 is 14.7 Å². The second kappa shape index (κ2) is 6.70. The molecule has 0 amide bonds. The third-order valence-corrected chi connectivity index (χ3v) is 7.36. The first kappa shape index (κ1) is 18.5. The molecule has 0 radical (unpaired) electrons. The standard InChI is InChI=1S/C14H30NO3PS/c1-9(2)8-18-19(16,17)11(5)12-14(6,7)20-13(15-12)10(3)4/h9-13,15H,8H2,1-7H3,(H,16,17). The minimum atomic E-state index is -3.60. The molecular weight excluding hydrogens is 293 g/mol. The highest BCUT2D eigenvalue weighted by atomic mass is 32.2. The molecule has 20 heavy (non-hydrogen) atoms. The van der Waals surface area contributed by atoms with Gasteiger partial charge in [-0.25, -0.2) is 0 Å². The Morgan fingerprint density at radius 2 is 1.85 bits per heavy atom. The van der Waals surface area contributed by atoms with Gasteiger partial charge in [0.15, 0.2) is 0 Å². The van der Waals surface area contributed by atoms with Gasteiger partial charge in [-0.05, 0) is 32.6 Å². The fourth-order valence-electron chi connectivity index (χ4n) is 2.42. The summed E-state index contributed by atoms with van der Waals surface area (Å²) in [7, 11) is -3.60. The summed E-state index contributed by atoms with van der Waals surface area (Å²) < 4.78 is 17.7.